The molecule has 6 nitrogen and oxygen atoms in total. The van der Waals surface area contributed by atoms with Crippen LogP contribution in [0.2, 0.25) is 0 Å². The van der Waals surface area contributed by atoms with Gasteiger partial charge in [-0.05, 0) is 25.0 Å². The molecule has 1 aliphatic rings. The van der Waals surface area contributed by atoms with Crippen LogP contribution in [0.4, 0.5) is 5.13 Å². The van der Waals surface area contributed by atoms with Crippen LogP contribution in [0.1, 0.15) is 12.8 Å². The van der Waals surface area contributed by atoms with Crippen molar-refractivity contribution >= 4 is 47.2 Å². The van der Waals surface area contributed by atoms with Crippen LogP contribution in [-0.4, -0.2) is 35.6 Å². The third-order valence-electron chi connectivity index (χ3n) is 3.97. The van der Waals surface area contributed by atoms with Crippen molar-refractivity contribution in [1.82, 2.24) is 9.97 Å². The molecule has 3 rings (SSSR count). The fraction of sp³-hybridized carbons (Fsp3) is 0.400. The summed E-state index contributed by atoms with van der Waals surface area (Å²) >= 11 is 1.39. The molecule has 132 valence electrons. The average Bonchev–Trinajstić information content (AvgIpc) is 3.05. The third kappa shape index (κ3) is 4.43. The number of nitrogens with two attached hydrogens (primary N) is 1. The van der Waals surface area contributed by atoms with Gasteiger partial charge in [0.15, 0.2) is 5.13 Å². The average molecular weight is 391 g/mol. The van der Waals surface area contributed by atoms with Gasteiger partial charge in [0.05, 0.1) is 11.1 Å². The highest BCUT2D eigenvalue weighted by Gasteiger charge is 2.39. The monoisotopic (exact) mass is 390 g/mol. The summed E-state index contributed by atoms with van der Waals surface area (Å²) in [5, 5.41) is 5.36. The number of hydrogen-bond acceptors (Lipinski definition) is 6. The molecule has 0 unspecified atom stereocenters. The van der Waals surface area contributed by atoms with Gasteiger partial charge >= 0.3 is 0 Å². The quantitative estimate of drug-likeness (QED) is 0.837. The van der Waals surface area contributed by atoms with Gasteiger partial charge in [-0.2, -0.15) is 0 Å². The first-order chi connectivity index (χ1) is 10.7. The van der Waals surface area contributed by atoms with Gasteiger partial charge in [-0.25, -0.2) is 4.98 Å². The first kappa shape index (κ1) is 20.8. The van der Waals surface area contributed by atoms with Gasteiger partial charge in [0, 0.05) is 31.3 Å². The fourth-order valence-corrected chi connectivity index (χ4v) is 3.18. The van der Waals surface area contributed by atoms with E-state index in [4.69, 9.17) is 10.5 Å². The molecule has 0 radical (unpaired) electrons. The Labute approximate surface area is 157 Å². The highest BCUT2D eigenvalue weighted by molar-refractivity contribution is 7.14. The van der Waals surface area contributed by atoms with Crippen molar-refractivity contribution in [3.8, 4) is 11.4 Å². The number of halogens is 2. The Bertz CT molecular complexity index is 648. The zero-order valence-corrected chi connectivity index (χ0v) is 15.4. The summed E-state index contributed by atoms with van der Waals surface area (Å²) in [5.74, 6) is -0.0692. The molecule has 0 atom stereocenters. The van der Waals surface area contributed by atoms with Gasteiger partial charge in [-0.3, -0.25) is 9.78 Å². The number of pyridine rings is 1. The van der Waals surface area contributed by atoms with Gasteiger partial charge < -0.3 is 15.8 Å². The van der Waals surface area contributed by atoms with E-state index in [1.165, 1.54) is 11.3 Å². The lowest BCUT2D eigenvalue weighted by atomic mass is 9.79. The second kappa shape index (κ2) is 9.29. The minimum atomic E-state index is -0.547. The number of nitrogens with one attached hydrogen (secondary N) is 1. The number of ether oxygens (including phenoxy) is 1. The summed E-state index contributed by atoms with van der Waals surface area (Å²) in [6.45, 7) is 1.46. The Morgan fingerprint density at radius 3 is 2.67 bits per heavy atom. The lowest BCUT2D eigenvalue weighted by molar-refractivity contribution is -0.130. The highest BCUT2D eigenvalue weighted by Crippen LogP contribution is 2.32. The van der Waals surface area contributed by atoms with Crippen LogP contribution in [0.15, 0.2) is 29.8 Å². The predicted molar refractivity (Wildman–Crippen MR) is 100 cm³/mol. The fourth-order valence-electron chi connectivity index (χ4n) is 2.48. The standard InChI is InChI=1S/C15H18N4O2S.2ClH/c16-10-15(4-7-21-8-5-15)13(20)19-14-18-12(9-22-14)11-3-1-2-6-17-11;;/h1-3,6,9H,4-5,7-8,10,16H2,(H,18,19,20);2*1H. The van der Waals surface area contributed by atoms with Crippen LogP contribution in [0.25, 0.3) is 11.4 Å². The van der Waals surface area contributed by atoms with E-state index >= 15 is 0 Å². The molecular weight excluding hydrogens is 371 g/mol. The number of carbonyl (C=O) groups excluding carboxylic acids is 1. The van der Waals surface area contributed by atoms with E-state index in [0.717, 1.165) is 11.4 Å². The molecule has 1 fully saturated rings. The Hall–Kier alpha value is -1.25. The lowest BCUT2D eigenvalue weighted by Crippen LogP contribution is -2.46. The molecule has 24 heavy (non-hydrogen) atoms. The van der Waals surface area contributed by atoms with Crippen molar-refractivity contribution in [1.29, 1.82) is 0 Å². The molecule has 9 heteroatoms. The molecule has 1 aliphatic heterocycles. The number of thiazole rings is 1. The number of nitrogens with zero attached hydrogens (tertiary/aromatic N) is 2. The van der Waals surface area contributed by atoms with Crippen molar-refractivity contribution in [3.63, 3.8) is 0 Å². The molecule has 0 aromatic carbocycles. The van der Waals surface area contributed by atoms with Crippen LogP contribution in [0.3, 0.4) is 0 Å². The summed E-state index contributed by atoms with van der Waals surface area (Å²) in [5.41, 5.74) is 6.85. The smallest absolute Gasteiger partial charge is 0.233 e. The van der Waals surface area contributed by atoms with E-state index in [1.807, 2.05) is 23.6 Å². The SMILES string of the molecule is Cl.Cl.NCC1(C(=O)Nc2nc(-c3ccccn3)cs2)CCOCC1. The van der Waals surface area contributed by atoms with Crippen LogP contribution < -0.4 is 11.1 Å². The number of aromatic nitrogens is 2. The van der Waals surface area contributed by atoms with Gasteiger partial charge in [-0.15, -0.1) is 36.2 Å². The van der Waals surface area contributed by atoms with Crippen molar-refractivity contribution in [2.45, 2.75) is 12.8 Å². The van der Waals surface area contributed by atoms with Gasteiger partial charge in [0.1, 0.15) is 5.69 Å². The van der Waals surface area contributed by atoms with E-state index < -0.39 is 5.41 Å². The van der Waals surface area contributed by atoms with E-state index in [1.54, 1.807) is 6.20 Å². The van der Waals surface area contributed by atoms with Crippen LogP contribution in [0.5, 0.6) is 0 Å². The molecule has 0 bridgehead atoms. The second-order valence-corrected chi connectivity index (χ2v) is 6.16. The maximum atomic E-state index is 12.6. The van der Waals surface area contributed by atoms with Gasteiger partial charge in [0.2, 0.25) is 5.91 Å². The maximum absolute atomic E-state index is 12.6. The summed E-state index contributed by atoms with van der Waals surface area (Å²) in [4.78, 5) is 21.3. The van der Waals surface area contributed by atoms with E-state index in [-0.39, 0.29) is 30.7 Å². The van der Waals surface area contributed by atoms with Crippen LogP contribution in [0, 0.1) is 5.41 Å². The molecule has 2 aromatic heterocycles. The Morgan fingerprint density at radius 1 is 1.29 bits per heavy atom. The molecule has 1 saturated heterocycles. The van der Waals surface area contributed by atoms with Crippen molar-refractivity contribution in [3.05, 3.63) is 29.8 Å². The predicted octanol–water partition coefficient (Wildman–Crippen LogP) is 2.74. The Balaban J connectivity index is 0.00000144. The summed E-state index contributed by atoms with van der Waals surface area (Å²) < 4.78 is 5.33. The van der Waals surface area contributed by atoms with Crippen molar-refractivity contribution in [2.24, 2.45) is 11.1 Å². The van der Waals surface area contributed by atoms with E-state index in [0.29, 0.717) is 37.7 Å². The zero-order valence-electron chi connectivity index (χ0n) is 12.9. The van der Waals surface area contributed by atoms with Crippen molar-refractivity contribution in [2.75, 3.05) is 25.1 Å². The molecule has 1 amide bonds. The number of hydrogen-bond donors (Lipinski definition) is 2. The van der Waals surface area contributed by atoms with Crippen LogP contribution in [-0.2, 0) is 9.53 Å². The lowest BCUT2D eigenvalue weighted by Gasteiger charge is -2.34. The number of carbonyl (C=O) groups is 1. The van der Waals surface area contributed by atoms with E-state index in [9.17, 15) is 4.79 Å². The first-order valence-electron chi connectivity index (χ1n) is 7.20. The first-order valence-corrected chi connectivity index (χ1v) is 8.08. The molecule has 0 aliphatic carbocycles. The van der Waals surface area contributed by atoms with Gasteiger partial charge in [-0.1, -0.05) is 6.07 Å². The largest absolute Gasteiger partial charge is 0.381 e. The highest BCUT2D eigenvalue weighted by atomic mass is 35.5. The van der Waals surface area contributed by atoms with Crippen LogP contribution >= 0.6 is 36.2 Å². The topological polar surface area (TPSA) is 90.1 Å². The molecule has 2 aromatic rings. The normalized spacial score (nSPS) is 15.7. The van der Waals surface area contributed by atoms with Gasteiger partial charge in [0.25, 0.3) is 0 Å². The number of anilines is 1. The molecule has 3 N–H and O–H groups in total. The van der Waals surface area contributed by atoms with E-state index in [2.05, 4.69) is 15.3 Å². The number of amides is 1. The third-order valence-corrected chi connectivity index (χ3v) is 4.73. The minimum absolute atomic E-state index is 0. The molecule has 0 spiro atoms. The zero-order chi connectivity index (χ0) is 15.4. The Kier molecular flexibility index (Phi) is 8.05. The summed E-state index contributed by atoms with van der Waals surface area (Å²) in [7, 11) is 0. The minimum Gasteiger partial charge on any atom is -0.381 e. The molecular formula is C15H20Cl2N4O2S. The summed E-state index contributed by atoms with van der Waals surface area (Å²) in [6.07, 6.45) is 3.01. The maximum Gasteiger partial charge on any atom is 0.233 e. The van der Waals surface area contributed by atoms with Crippen molar-refractivity contribution < 1.29 is 9.53 Å². The Morgan fingerprint density at radius 2 is 2.04 bits per heavy atom. The summed E-state index contributed by atoms with van der Waals surface area (Å²) in [6, 6.07) is 5.65. The number of rotatable bonds is 4. The molecule has 0 saturated carbocycles. The second-order valence-electron chi connectivity index (χ2n) is 5.30. The molecule has 3 heterocycles.